The summed E-state index contributed by atoms with van der Waals surface area (Å²) in [6.45, 7) is 10.2. The van der Waals surface area contributed by atoms with Gasteiger partial charge in [0.05, 0.1) is 6.61 Å². The number of hydrogen-bond acceptors (Lipinski definition) is 6. The summed E-state index contributed by atoms with van der Waals surface area (Å²) in [6.07, 6.45) is 0.506. The molecule has 0 saturated carbocycles. The number of ether oxygens (including phenoxy) is 1. The van der Waals surface area contributed by atoms with E-state index in [9.17, 15) is 24.3 Å². The molecular formula is C26H42N4O6. The minimum atomic E-state index is -1.20. The third kappa shape index (κ3) is 10.2. The Morgan fingerprint density at radius 1 is 1.11 bits per heavy atom. The number of rotatable bonds is 13. The second-order valence-corrected chi connectivity index (χ2v) is 9.92. The van der Waals surface area contributed by atoms with Gasteiger partial charge in [0.15, 0.2) is 0 Å². The van der Waals surface area contributed by atoms with Gasteiger partial charge in [-0.05, 0) is 58.6 Å². The van der Waals surface area contributed by atoms with Gasteiger partial charge in [-0.1, -0.05) is 37.6 Å². The predicted octanol–water partition coefficient (Wildman–Crippen LogP) is 2.32. The van der Waals surface area contributed by atoms with Gasteiger partial charge in [-0.25, -0.2) is 4.79 Å². The zero-order valence-electron chi connectivity index (χ0n) is 22.3. The molecule has 0 aliphatic carbocycles. The molecule has 202 valence electrons. The Bertz CT molecular complexity index is 899. The molecule has 0 aliphatic rings. The van der Waals surface area contributed by atoms with Crippen molar-refractivity contribution in [2.45, 2.75) is 91.0 Å². The highest BCUT2D eigenvalue weighted by atomic mass is 16.6. The van der Waals surface area contributed by atoms with Crippen molar-refractivity contribution in [1.82, 2.24) is 15.5 Å². The molecule has 3 atom stereocenters. The molecule has 0 aliphatic heterocycles. The van der Waals surface area contributed by atoms with E-state index in [2.05, 4.69) is 10.6 Å². The van der Waals surface area contributed by atoms with E-state index < -0.39 is 48.1 Å². The van der Waals surface area contributed by atoms with E-state index in [0.29, 0.717) is 5.56 Å². The number of primary amides is 1. The van der Waals surface area contributed by atoms with Gasteiger partial charge in [0.25, 0.3) is 0 Å². The van der Waals surface area contributed by atoms with Gasteiger partial charge in [0.1, 0.15) is 17.7 Å². The van der Waals surface area contributed by atoms with Crippen molar-refractivity contribution < 1.29 is 29.0 Å². The van der Waals surface area contributed by atoms with Gasteiger partial charge < -0.3 is 31.1 Å². The summed E-state index contributed by atoms with van der Waals surface area (Å²) in [5, 5.41) is 15.3. The summed E-state index contributed by atoms with van der Waals surface area (Å²) in [4.78, 5) is 52.5. The fourth-order valence-electron chi connectivity index (χ4n) is 3.84. The SMILES string of the molecule is CCCC(C)NC(=O)C(c1ccccc1C)N(CCO)C(=O)C(CCC(N)=O)NC(=O)OC(C)(C)C. The van der Waals surface area contributed by atoms with Crippen molar-refractivity contribution in [3.8, 4) is 0 Å². The molecule has 0 saturated heterocycles. The zero-order chi connectivity index (χ0) is 27.5. The second-order valence-electron chi connectivity index (χ2n) is 9.92. The number of carbonyl (C=O) groups is 4. The lowest BCUT2D eigenvalue weighted by molar-refractivity contribution is -0.143. The quantitative estimate of drug-likeness (QED) is 0.322. The maximum atomic E-state index is 13.8. The molecule has 0 aromatic heterocycles. The third-order valence-corrected chi connectivity index (χ3v) is 5.45. The lowest BCUT2D eigenvalue weighted by Gasteiger charge is -2.35. The first-order chi connectivity index (χ1) is 16.8. The van der Waals surface area contributed by atoms with Crippen LogP contribution < -0.4 is 16.4 Å². The molecule has 4 amide bonds. The Morgan fingerprint density at radius 3 is 2.28 bits per heavy atom. The van der Waals surface area contributed by atoms with E-state index in [1.54, 1.807) is 32.9 Å². The van der Waals surface area contributed by atoms with Crippen molar-refractivity contribution in [2.24, 2.45) is 5.73 Å². The topological polar surface area (TPSA) is 151 Å². The van der Waals surface area contributed by atoms with Crippen LogP contribution in [0, 0.1) is 6.92 Å². The van der Waals surface area contributed by atoms with Crippen molar-refractivity contribution in [3.05, 3.63) is 35.4 Å². The number of nitrogens with one attached hydrogen (secondary N) is 2. The number of aryl methyl sites for hydroxylation is 1. The molecule has 1 aromatic carbocycles. The standard InChI is InChI=1S/C26H42N4O6/c1-7-10-18(3)28-23(33)22(19-12-9-8-11-17(19)2)30(15-16-31)24(34)20(13-14-21(27)32)29-25(35)36-26(4,5)6/h8-9,11-12,18,20,22,31H,7,10,13-16H2,1-6H3,(H2,27,32)(H,28,33)(H,29,35). The molecule has 10 heteroatoms. The number of alkyl carbamates (subject to hydrolysis) is 1. The van der Waals surface area contributed by atoms with Gasteiger partial charge in [-0.2, -0.15) is 0 Å². The number of nitrogens with zero attached hydrogens (tertiary/aromatic N) is 1. The van der Waals surface area contributed by atoms with E-state index in [1.165, 1.54) is 4.90 Å². The Kier molecular flexibility index (Phi) is 12.4. The average Bonchev–Trinajstić information content (AvgIpc) is 2.75. The normalized spacial score (nSPS) is 13.8. The molecule has 3 unspecified atom stereocenters. The molecular weight excluding hydrogens is 464 g/mol. The summed E-state index contributed by atoms with van der Waals surface area (Å²) in [7, 11) is 0. The number of aliphatic hydroxyl groups is 1. The van der Waals surface area contributed by atoms with Crippen molar-refractivity contribution in [2.75, 3.05) is 13.2 Å². The summed E-state index contributed by atoms with van der Waals surface area (Å²) >= 11 is 0. The highest BCUT2D eigenvalue weighted by Crippen LogP contribution is 2.26. The summed E-state index contributed by atoms with van der Waals surface area (Å²) < 4.78 is 5.29. The molecule has 10 nitrogen and oxygen atoms in total. The number of benzene rings is 1. The molecule has 0 heterocycles. The Labute approximate surface area is 213 Å². The molecule has 0 fully saturated rings. The van der Waals surface area contributed by atoms with Crippen LogP contribution >= 0.6 is 0 Å². The van der Waals surface area contributed by atoms with Crippen LogP contribution in [0.5, 0.6) is 0 Å². The smallest absolute Gasteiger partial charge is 0.408 e. The molecule has 36 heavy (non-hydrogen) atoms. The Hall–Kier alpha value is -3.14. The predicted molar refractivity (Wildman–Crippen MR) is 137 cm³/mol. The van der Waals surface area contributed by atoms with Gasteiger partial charge in [-0.3, -0.25) is 14.4 Å². The monoisotopic (exact) mass is 506 g/mol. The molecule has 1 rings (SSSR count). The highest BCUT2D eigenvalue weighted by molar-refractivity contribution is 5.92. The third-order valence-electron chi connectivity index (χ3n) is 5.45. The fourth-order valence-corrected chi connectivity index (χ4v) is 3.84. The summed E-state index contributed by atoms with van der Waals surface area (Å²) in [5.74, 6) is -1.69. The first-order valence-corrected chi connectivity index (χ1v) is 12.4. The van der Waals surface area contributed by atoms with Gasteiger partial charge >= 0.3 is 6.09 Å². The maximum absolute atomic E-state index is 13.8. The van der Waals surface area contributed by atoms with Gasteiger partial charge in [0, 0.05) is 19.0 Å². The molecule has 0 radical (unpaired) electrons. The van der Waals surface area contributed by atoms with Crippen LogP contribution in [-0.2, 0) is 19.1 Å². The maximum Gasteiger partial charge on any atom is 0.408 e. The first-order valence-electron chi connectivity index (χ1n) is 12.4. The lowest BCUT2D eigenvalue weighted by Crippen LogP contribution is -2.54. The number of nitrogens with two attached hydrogens (primary N) is 1. The van der Waals surface area contributed by atoms with Gasteiger partial charge in [0.2, 0.25) is 17.7 Å². The number of aliphatic hydroxyl groups excluding tert-OH is 1. The van der Waals surface area contributed by atoms with Crippen LogP contribution in [-0.4, -0.2) is 64.7 Å². The minimum absolute atomic E-state index is 0.0936. The molecule has 1 aromatic rings. The fraction of sp³-hybridized carbons (Fsp3) is 0.615. The van der Waals surface area contributed by atoms with E-state index in [-0.39, 0.29) is 25.4 Å². The van der Waals surface area contributed by atoms with Crippen LogP contribution in [0.3, 0.4) is 0 Å². The zero-order valence-corrected chi connectivity index (χ0v) is 22.3. The molecule has 5 N–H and O–H groups in total. The van der Waals surface area contributed by atoms with E-state index >= 15 is 0 Å². The van der Waals surface area contributed by atoms with E-state index in [4.69, 9.17) is 10.5 Å². The Morgan fingerprint density at radius 2 is 1.75 bits per heavy atom. The minimum Gasteiger partial charge on any atom is -0.444 e. The van der Waals surface area contributed by atoms with Crippen molar-refractivity contribution >= 4 is 23.8 Å². The molecule has 0 bridgehead atoms. The largest absolute Gasteiger partial charge is 0.444 e. The highest BCUT2D eigenvalue weighted by Gasteiger charge is 2.37. The summed E-state index contributed by atoms with van der Waals surface area (Å²) in [5.41, 5.74) is 5.86. The van der Waals surface area contributed by atoms with Crippen LogP contribution in [0.15, 0.2) is 24.3 Å². The molecule has 0 spiro atoms. The first kappa shape index (κ1) is 30.9. The van der Waals surface area contributed by atoms with Gasteiger partial charge in [-0.15, -0.1) is 0 Å². The van der Waals surface area contributed by atoms with E-state index in [1.807, 2.05) is 32.9 Å². The summed E-state index contributed by atoms with van der Waals surface area (Å²) in [6, 6.07) is 4.77. The van der Waals surface area contributed by atoms with E-state index in [0.717, 1.165) is 18.4 Å². The number of carbonyl (C=O) groups excluding carboxylic acids is 4. The number of amides is 4. The van der Waals surface area contributed by atoms with Crippen molar-refractivity contribution in [3.63, 3.8) is 0 Å². The number of hydrogen-bond donors (Lipinski definition) is 4. The second kappa shape index (κ2) is 14.4. The Balaban J connectivity index is 3.45. The van der Waals surface area contributed by atoms with Crippen LogP contribution in [0.4, 0.5) is 4.79 Å². The van der Waals surface area contributed by atoms with Crippen LogP contribution in [0.1, 0.15) is 77.5 Å². The van der Waals surface area contributed by atoms with Crippen LogP contribution in [0.2, 0.25) is 0 Å². The van der Waals surface area contributed by atoms with Crippen LogP contribution in [0.25, 0.3) is 0 Å². The van der Waals surface area contributed by atoms with Crippen molar-refractivity contribution in [1.29, 1.82) is 0 Å². The lowest BCUT2D eigenvalue weighted by atomic mass is 9.97. The average molecular weight is 507 g/mol.